The summed E-state index contributed by atoms with van der Waals surface area (Å²) in [6.07, 6.45) is 2.07. The van der Waals surface area contributed by atoms with Crippen molar-refractivity contribution in [3.05, 3.63) is 77.9 Å². The molecule has 2 amide bonds. The molecule has 0 aromatic heterocycles. The van der Waals surface area contributed by atoms with E-state index in [9.17, 15) is 14.7 Å². The lowest BCUT2D eigenvalue weighted by atomic mass is 10.1. The molecule has 134 valence electrons. The number of benzene rings is 2. The molecular weight excluding hydrogens is 330 g/mol. The van der Waals surface area contributed by atoms with Gasteiger partial charge in [-0.1, -0.05) is 72.8 Å². The Bertz CT molecular complexity index is 773. The van der Waals surface area contributed by atoms with E-state index in [1.807, 2.05) is 60.7 Å². The van der Waals surface area contributed by atoms with Crippen LogP contribution in [0.3, 0.4) is 0 Å². The van der Waals surface area contributed by atoms with Gasteiger partial charge in [0.1, 0.15) is 6.61 Å². The van der Waals surface area contributed by atoms with Crippen LogP contribution in [0.1, 0.15) is 17.5 Å². The van der Waals surface area contributed by atoms with Crippen molar-refractivity contribution >= 4 is 18.1 Å². The van der Waals surface area contributed by atoms with Crippen molar-refractivity contribution in [1.82, 2.24) is 4.90 Å². The van der Waals surface area contributed by atoms with Crippen LogP contribution in [0.4, 0.5) is 4.79 Å². The summed E-state index contributed by atoms with van der Waals surface area (Å²) < 4.78 is 5.05. The number of hydrogen-bond donors (Lipinski definition) is 1. The van der Waals surface area contributed by atoms with E-state index in [1.54, 1.807) is 12.2 Å². The zero-order valence-corrected chi connectivity index (χ0v) is 14.3. The lowest BCUT2D eigenvalue weighted by molar-refractivity contribution is -0.130. The van der Waals surface area contributed by atoms with E-state index in [0.29, 0.717) is 6.42 Å². The second kappa shape index (κ2) is 8.45. The molecule has 3 rings (SSSR count). The van der Waals surface area contributed by atoms with Gasteiger partial charge >= 0.3 is 6.09 Å². The van der Waals surface area contributed by atoms with Crippen molar-refractivity contribution in [2.24, 2.45) is 0 Å². The molecule has 0 radical (unpaired) electrons. The molecule has 2 aromatic carbocycles. The molecule has 26 heavy (non-hydrogen) atoms. The van der Waals surface area contributed by atoms with Crippen LogP contribution >= 0.6 is 0 Å². The first-order chi connectivity index (χ1) is 12.6. The maximum Gasteiger partial charge on any atom is 0.416 e. The van der Waals surface area contributed by atoms with E-state index in [-0.39, 0.29) is 19.1 Å². The van der Waals surface area contributed by atoms with E-state index in [0.717, 1.165) is 16.0 Å². The smallest absolute Gasteiger partial charge is 0.416 e. The number of cyclic esters (lactones) is 1. The highest BCUT2D eigenvalue weighted by Crippen LogP contribution is 2.19. The summed E-state index contributed by atoms with van der Waals surface area (Å²) in [4.78, 5) is 25.6. The number of aliphatic hydroxyl groups is 1. The second-order valence-corrected chi connectivity index (χ2v) is 6.23. The Balaban J connectivity index is 1.61. The molecule has 1 heterocycles. The van der Waals surface area contributed by atoms with Gasteiger partial charge in [-0.3, -0.25) is 4.79 Å². The minimum Gasteiger partial charge on any atom is -0.447 e. The zero-order chi connectivity index (χ0) is 18.4. The molecule has 2 atom stereocenters. The van der Waals surface area contributed by atoms with Crippen LogP contribution in [0, 0.1) is 0 Å². The first-order valence-electron chi connectivity index (χ1n) is 8.57. The number of carbonyl (C=O) groups is 2. The van der Waals surface area contributed by atoms with Crippen LogP contribution in [-0.4, -0.2) is 40.8 Å². The molecule has 1 aliphatic rings. The van der Waals surface area contributed by atoms with Crippen molar-refractivity contribution in [3.8, 4) is 0 Å². The monoisotopic (exact) mass is 351 g/mol. The molecule has 5 heteroatoms. The molecule has 1 saturated heterocycles. The average Bonchev–Trinajstić information content (AvgIpc) is 3.02. The van der Waals surface area contributed by atoms with Crippen molar-refractivity contribution in [1.29, 1.82) is 0 Å². The first-order valence-corrected chi connectivity index (χ1v) is 8.57. The van der Waals surface area contributed by atoms with Crippen LogP contribution in [0.2, 0.25) is 0 Å². The molecule has 5 nitrogen and oxygen atoms in total. The molecule has 2 aromatic rings. The van der Waals surface area contributed by atoms with Crippen LogP contribution in [0.25, 0.3) is 6.08 Å². The summed E-state index contributed by atoms with van der Waals surface area (Å²) in [5, 5.41) is 10.1. The van der Waals surface area contributed by atoms with Crippen LogP contribution < -0.4 is 0 Å². The number of imide groups is 1. The Labute approximate surface area is 152 Å². The minimum atomic E-state index is -0.964. The molecule has 1 aliphatic heterocycles. The van der Waals surface area contributed by atoms with Gasteiger partial charge < -0.3 is 9.84 Å². The molecule has 1 N–H and O–H groups in total. The van der Waals surface area contributed by atoms with Gasteiger partial charge in [0, 0.05) is 0 Å². The Morgan fingerprint density at radius 2 is 1.81 bits per heavy atom. The molecule has 0 spiro atoms. The minimum absolute atomic E-state index is 0.163. The third-order valence-electron chi connectivity index (χ3n) is 4.24. The third-order valence-corrected chi connectivity index (χ3v) is 4.24. The van der Waals surface area contributed by atoms with Crippen molar-refractivity contribution in [2.45, 2.75) is 25.0 Å². The molecule has 0 unspecified atom stereocenters. The number of aliphatic hydroxyl groups excluding tert-OH is 1. The first kappa shape index (κ1) is 17.9. The highest BCUT2D eigenvalue weighted by Gasteiger charge is 2.38. The Morgan fingerprint density at radius 1 is 1.15 bits per heavy atom. The highest BCUT2D eigenvalue weighted by molar-refractivity contribution is 5.94. The van der Waals surface area contributed by atoms with Gasteiger partial charge in [-0.15, -0.1) is 0 Å². The number of rotatable bonds is 6. The Hall–Kier alpha value is -2.92. The summed E-state index contributed by atoms with van der Waals surface area (Å²) in [5.41, 5.74) is 1.96. The normalized spacial score (nSPS) is 18.1. The Kier molecular flexibility index (Phi) is 5.81. The summed E-state index contributed by atoms with van der Waals surface area (Å²) in [7, 11) is 0. The molecule has 0 aliphatic carbocycles. The topological polar surface area (TPSA) is 66.8 Å². The van der Waals surface area contributed by atoms with Gasteiger partial charge in [0.05, 0.1) is 18.6 Å². The van der Waals surface area contributed by atoms with Crippen molar-refractivity contribution in [3.63, 3.8) is 0 Å². The van der Waals surface area contributed by atoms with Gasteiger partial charge in [0.25, 0.3) is 0 Å². The summed E-state index contributed by atoms with van der Waals surface area (Å²) in [6, 6.07) is 18.8. The van der Waals surface area contributed by atoms with Gasteiger partial charge in [-0.05, 0) is 17.5 Å². The maximum atomic E-state index is 12.5. The van der Waals surface area contributed by atoms with Crippen LogP contribution in [-0.2, 0) is 16.0 Å². The lowest BCUT2D eigenvalue weighted by Crippen LogP contribution is -2.41. The van der Waals surface area contributed by atoms with Gasteiger partial charge in [0.2, 0.25) is 5.91 Å². The number of amides is 2. The predicted octanol–water partition coefficient (Wildman–Crippen LogP) is 3.04. The zero-order valence-electron chi connectivity index (χ0n) is 14.3. The molecule has 1 fully saturated rings. The molecule has 0 saturated carbocycles. The fourth-order valence-corrected chi connectivity index (χ4v) is 2.93. The lowest BCUT2D eigenvalue weighted by Gasteiger charge is -2.20. The molecular formula is C21H21NO4. The van der Waals surface area contributed by atoms with Gasteiger partial charge in [-0.2, -0.15) is 0 Å². The van der Waals surface area contributed by atoms with E-state index >= 15 is 0 Å². The fourth-order valence-electron chi connectivity index (χ4n) is 2.93. The summed E-state index contributed by atoms with van der Waals surface area (Å²) >= 11 is 0. The molecule has 0 bridgehead atoms. The highest BCUT2D eigenvalue weighted by atomic mass is 16.6. The second-order valence-electron chi connectivity index (χ2n) is 6.23. The van der Waals surface area contributed by atoms with Crippen LogP contribution in [0.15, 0.2) is 66.7 Å². The van der Waals surface area contributed by atoms with Crippen LogP contribution in [0.5, 0.6) is 0 Å². The quantitative estimate of drug-likeness (QED) is 0.869. The number of hydrogen-bond acceptors (Lipinski definition) is 4. The van der Waals surface area contributed by atoms with Crippen molar-refractivity contribution < 1.29 is 19.4 Å². The summed E-state index contributed by atoms with van der Waals surface area (Å²) in [5.74, 6) is -0.432. The fraction of sp³-hybridized carbons (Fsp3) is 0.238. The van der Waals surface area contributed by atoms with E-state index in [4.69, 9.17) is 4.74 Å². The Morgan fingerprint density at radius 3 is 2.50 bits per heavy atom. The largest absolute Gasteiger partial charge is 0.447 e. The predicted molar refractivity (Wildman–Crippen MR) is 98.2 cm³/mol. The average molecular weight is 351 g/mol. The van der Waals surface area contributed by atoms with E-state index in [2.05, 4.69) is 0 Å². The van der Waals surface area contributed by atoms with Crippen molar-refractivity contribution in [2.75, 3.05) is 6.61 Å². The van der Waals surface area contributed by atoms with E-state index in [1.165, 1.54) is 0 Å². The standard InChI is InChI=1S/C21H21NO4/c23-19(12-11-16-7-3-1-4-8-16)14-20(24)22-18(15-26-21(22)25)13-17-9-5-2-6-10-17/h1-12,18-19,23H,13-15H2/b12-11+/t18-,19+/m1/s1. The SMILES string of the molecule is O=C(C[C@@H](O)/C=C/c1ccccc1)N1C(=O)OC[C@H]1Cc1ccccc1. The maximum absolute atomic E-state index is 12.5. The number of carbonyl (C=O) groups excluding carboxylic acids is 2. The summed E-state index contributed by atoms with van der Waals surface area (Å²) in [6.45, 7) is 0.176. The number of nitrogens with zero attached hydrogens (tertiary/aromatic N) is 1. The number of ether oxygens (including phenoxy) is 1. The third kappa shape index (κ3) is 4.58. The van der Waals surface area contributed by atoms with Gasteiger partial charge in [0.15, 0.2) is 0 Å². The van der Waals surface area contributed by atoms with Gasteiger partial charge in [-0.25, -0.2) is 9.69 Å². The van der Waals surface area contributed by atoms with E-state index < -0.39 is 18.1 Å².